The fraction of sp³-hybridized carbons (Fsp3) is 0.500. The summed E-state index contributed by atoms with van der Waals surface area (Å²) >= 11 is 0. The molecule has 1 aliphatic heterocycles. The fourth-order valence-electron chi connectivity index (χ4n) is 2.73. The van der Waals surface area contributed by atoms with Gasteiger partial charge in [-0.2, -0.15) is 0 Å². The van der Waals surface area contributed by atoms with Crippen molar-refractivity contribution in [2.75, 3.05) is 30.3 Å². The lowest BCUT2D eigenvalue weighted by molar-refractivity contribution is 0.100. The maximum Gasteiger partial charge on any atom is 0.250 e. The molecule has 0 saturated carbocycles. The summed E-state index contributed by atoms with van der Waals surface area (Å²) < 4.78 is 0. The highest BCUT2D eigenvalue weighted by atomic mass is 16.3. The van der Waals surface area contributed by atoms with Gasteiger partial charge in [-0.15, -0.1) is 0 Å². The molecular formula is C14H21N3O2. The van der Waals surface area contributed by atoms with Crippen LogP contribution in [0.3, 0.4) is 0 Å². The maximum absolute atomic E-state index is 11.5. The molecule has 1 aromatic carbocycles. The molecule has 1 saturated heterocycles. The highest BCUT2D eigenvalue weighted by molar-refractivity contribution is 5.99. The Kier molecular flexibility index (Phi) is 4.27. The van der Waals surface area contributed by atoms with E-state index in [2.05, 4.69) is 4.90 Å². The van der Waals surface area contributed by atoms with Crippen molar-refractivity contribution in [1.29, 1.82) is 0 Å². The van der Waals surface area contributed by atoms with E-state index < -0.39 is 5.91 Å². The molecule has 1 aliphatic rings. The number of benzene rings is 1. The first kappa shape index (κ1) is 13.7. The average Bonchev–Trinajstić information content (AvgIpc) is 2.39. The molecule has 1 aromatic rings. The van der Waals surface area contributed by atoms with Gasteiger partial charge in [-0.1, -0.05) is 0 Å². The van der Waals surface area contributed by atoms with E-state index in [0.717, 1.165) is 38.0 Å². The van der Waals surface area contributed by atoms with Gasteiger partial charge in [0.1, 0.15) is 0 Å². The van der Waals surface area contributed by atoms with Crippen LogP contribution >= 0.6 is 0 Å². The van der Waals surface area contributed by atoms with Gasteiger partial charge in [0.05, 0.1) is 5.56 Å². The van der Waals surface area contributed by atoms with E-state index in [1.807, 2.05) is 6.07 Å². The largest absolute Gasteiger partial charge is 0.399 e. The smallest absolute Gasteiger partial charge is 0.250 e. The predicted molar refractivity (Wildman–Crippen MR) is 76.0 cm³/mol. The molecule has 5 heteroatoms. The Morgan fingerprint density at radius 2 is 2.26 bits per heavy atom. The number of nitrogens with zero attached hydrogens (tertiary/aromatic N) is 1. The van der Waals surface area contributed by atoms with Gasteiger partial charge in [0.25, 0.3) is 5.91 Å². The number of primary amides is 1. The molecule has 2 rings (SSSR count). The molecule has 5 N–H and O–H groups in total. The van der Waals surface area contributed by atoms with E-state index in [9.17, 15) is 4.79 Å². The summed E-state index contributed by atoms with van der Waals surface area (Å²) in [6.07, 6.45) is 2.99. The van der Waals surface area contributed by atoms with Crippen LogP contribution in [0.25, 0.3) is 0 Å². The molecule has 19 heavy (non-hydrogen) atoms. The molecule has 104 valence electrons. The first-order valence-electron chi connectivity index (χ1n) is 6.67. The van der Waals surface area contributed by atoms with Gasteiger partial charge < -0.3 is 21.5 Å². The van der Waals surface area contributed by atoms with Crippen LogP contribution in [0.4, 0.5) is 11.4 Å². The zero-order chi connectivity index (χ0) is 13.8. The van der Waals surface area contributed by atoms with Crippen molar-refractivity contribution in [2.24, 2.45) is 11.7 Å². The molecule has 5 nitrogen and oxygen atoms in total. The number of carbonyl (C=O) groups excluding carboxylic acids is 1. The lowest BCUT2D eigenvalue weighted by Crippen LogP contribution is -2.37. The summed E-state index contributed by atoms with van der Waals surface area (Å²) in [5, 5.41) is 9.05. The summed E-state index contributed by atoms with van der Waals surface area (Å²) in [6.45, 7) is 1.97. The van der Waals surface area contributed by atoms with Crippen molar-refractivity contribution < 1.29 is 9.90 Å². The number of nitrogens with two attached hydrogens (primary N) is 2. The molecule has 0 radical (unpaired) electrons. The number of nitrogen functional groups attached to an aromatic ring is 1. The highest BCUT2D eigenvalue weighted by Crippen LogP contribution is 2.28. The quantitative estimate of drug-likeness (QED) is 0.706. The monoisotopic (exact) mass is 263 g/mol. The number of hydrogen-bond acceptors (Lipinski definition) is 4. The van der Waals surface area contributed by atoms with Gasteiger partial charge in [-0.05, 0) is 43.4 Å². The van der Waals surface area contributed by atoms with Crippen LogP contribution in [-0.4, -0.2) is 30.7 Å². The normalized spacial score (nSPS) is 19.4. The molecule has 0 aromatic heterocycles. The van der Waals surface area contributed by atoms with Crippen LogP contribution in [0.15, 0.2) is 18.2 Å². The summed E-state index contributed by atoms with van der Waals surface area (Å²) in [5.41, 5.74) is 13.0. The second kappa shape index (κ2) is 5.93. The van der Waals surface area contributed by atoms with Crippen molar-refractivity contribution in [1.82, 2.24) is 0 Å². The number of aliphatic hydroxyl groups excluding tert-OH is 1. The maximum atomic E-state index is 11.5. The second-order valence-corrected chi connectivity index (χ2v) is 5.11. The van der Waals surface area contributed by atoms with Gasteiger partial charge in [0.15, 0.2) is 0 Å². The molecule has 1 unspecified atom stereocenters. The van der Waals surface area contributed by atoms with E-state index in [-0.39, 0.29) is 6.61 Å². The highest BCUT2D eigenvalue weighted by Gasteiger charge is 2.22. The minimum absolute atomic E-state index is 0.211. The summed E-state index contributed by atoms with van der Waals surface area (Å²) in [7, 11) is 0. The average molecular weight is 263 g/mol. The third-order valence-electron chi connectivity index (χ3n) is 3.68. The number of carbonyl (C=O) groups is 1. The van der Waals surface area contributed by atoms with E-state index in [1.54, 1.807) is 12.1 Å². The van der Waals surface area contributed by atoms with Crippen LogP contribution in [0.5, 0.6) is 0 Å². The number of aliphatic hydroxyl groups is 1. The second-order valence-electron chi connectivity index (χ2n) is 5.11. The van der Waals surface area contributed by atoms with E-state index in [0.29, 0.717) is 17.2 Å². The van der Waals surface area contributed by atoms with Gasteiger partial charge >= 0.3 is 0 Å². The Morgan fingerprint density at radius 3 is 2.95 bits per heavy atom. The molecule has 0 spiro atoms. The van der Waals surface area contributed by atoms with Crippen LogP contribution < -0.4 is 16.4 Å². The van der Waals surface area contributed by atoms with Gasteiger partial charge in [0, 0.05) is 31.1 Å². The van der Waals surface area contributed by atoms with Crippen molar-refractivity contribution in [2.45, 2.75) is 19.3 Å². The minimum atomic E-state index is -0.452. The van der Waals surface area contributed by atoms with E-state index >= 15 is 0 Å². The standard InChI is InChI=1S/C14H21N3O2/c15-11-3-4-13(12(8-11)14(16)19)17-6-1-2-10(9-17)5-7-18/h3-4,8,10,18H,1-2,5-7,9,15H2,(H2,16,19). The summed E-state index contributed by atoms with van der Waals surface area (Å²) in [4.78, 5) is 13.7. The number of amides is 1. The molecular weight excluding hydrogens is 242 g/mol. The molecule has 1 fully saturated rings. The van der Waals surface area contributed by atoms with Crippen molar-refractivity contribution in [3.8, 4) is 0 Å². The van der Waals surface area contributed by atoms with E-state index in [4.69, 9.17) is 16.6 Å². The van der Waals surface area contributed by atoms with E-state index in [1.165, 1.54) is 0 Å². The Morgan fingerprint density at radius 1 is 1.47 bits per heavy atom. The van der Waals surface area contributed by atoms with Gasteiger partial charge in [0.2, 0.25) is 0 Å². The lowest BCUT2D eigenvalue weighted by atomic mass is 9.94. The van der Waals surface area contributed by atoms with Crippen LogP contribution in [0, 0.1) is 5.92 Å². The Labute approximate surface area is 113 Å². The molecule has 1 heterocycles. The third-order valence-corrected chi connectivity index (χ3v) is 3.68. The molecule has 0 aliphatic carbocycles. The lowest BCUT2D eigenvalue weighted by Gasteiger charge is -2.35. The van der Waals surface area contributed by atoms with Gasteiger partial charge in [-0.25, -0.2) is 0 Å². The zero-order valence-corrected chi connectivity index (χ0v) is 11.0. The number of piperidine rings is 1. The first-order chi connectivity index (χ1) is 9.11. The Balaban J connectivity index is 2.23. The first-order valence-corrected chi connectivity index (χ1v) is 6.67. The van der Waals surface area contributed by atoms with Crippen LogP contribution in [-0.2, 0) is 0 Å². The van der Waals surface area contributed by atoms with Crippen molar-refractivity contribution in [3.63, 3.8) is 0 Å². The third kappa shape index (κ3) is 3.17. The Bertz CT molecular complexity index is 460. The zero-order valence-electron chi connectivity index (χ0n) is 11.0. The molecule has 1 atom stereocenters. The Hall–Kier alpha value is -1.75. The van der Waals surface area contributed by atoms with Crippen LogP contribution in [0.2, 0.25) is 0 Å². The predicted octanol–water partition coefficient (Wildman–Crippen LogP) is 0.966. The SMILES string of the molecule is NC(=O)c1cc(N)ccc1N1CCCC(CCO)C1. The number of rotatable bonds is 4. The van der Waals surface area contributed by atoms with Crippen molar-refractivity contribution >= 4 is 17.3 Å². The fourth-order valence-corrected chi connectivity index (χ4v) is 2.73. The summed E-state index contributed by atoms with van der Waals surface area (Å²) in [6, 6.07) is 5.28. The number of hydrogen-bond donors (Lipinski definition) is 3. The van der Waals surface area contributed by atoms with Gasteiger partial charge in [-0.3, -0.25) is 4.79 Å². The van der Waals surface area contributed by atoms with Crippen LogP contribution in [0.1, 0.15) is 29.6 Å². The topological polar surface area (TPSA) is 92.6 Å². The van der Waals surface area contributed by atoms with Crippen molar-refractivity contribution in [3.05, 3.63) is 23.8 Å². The number of anilines is 2. The molecule has 0 bridgehead atoms. The minimum Gasteiger partial charge on any atom is -0.399 e. The molecule has 1 amide bonds. The summed E-state index contributed by atoms with van der Waals surface area (Å²) in [5.74, 6) is 0.0172.